The molecule has 0 aromatic heterocycles. The highest BCUT2D eigenvalue weighted by atomic mass is 32.1. The van der Waals surface area contributed by atoms with Gasteiger partial charge in [0.15, 0.2) is 0 Å². The van der Waals surface area contributed by atoms with Crippen LogP contribution in [-0.2, 0) is 0 Å². The first-order valence-corrected chi connectivity index (χ1v) is 3.59. The van der Waals surface area contributed by atoms with Crippen molar-refractivity contribution in [3.8, 4) is 0 Å². The zero-order valence-electron chi connectivity index (χ0n) is 5.89. The molecule has 0 amide bonds. The minimum atomic E-state index is 0.757. The van der Waals surface area contributed by atoms with E-state index in [0.29, 0.717) is 0 Å². The van der Waals surface area contributed by atoms with Gasteiger partial charge in [0.1, 0.15) is 0 Å². The Kier molecular flexibility index (Phi) is 4.38. The van der Waals surface area contributed by atoms with Crippen LogP contribution in [0.1, 0.15) is 13.8 Å². The molecule has 0 saturated heterocycles. The molecule has 0 spiro atoms. The molecule has 0 heterocycles. The summed E-state index contributed by atoms with van der Waals surface area (Å²) in [5.41, 5.74) is 0. The summed E-state index contributed by atoms with van der Waals surface area (Å²) in [6, 6.07) is 0. The van der Waals surface area contributed by atoms with Crippen LogP contribution in [0.3, 0.4) is 0 Å². The van der Waals surface area contributed by atoms with Crippen molar-refractivity contribution in [3.63, 3.8) is 0 Å². The first-order chi connectivity index (χ1) is 3.66. The van der Waals surface area contributed by atoms with Gasteiger partial charge in [-0.25, -0.2) is 0 Å². The molecule has 2 heteroatoms. The van der Waals surface area contributed by atoms with Gasteiger partial charge in [0.25, 0.3) is 0 Å². The molecule has 0 atom stereocenters. The number of nitrogens with zero attached hydrogens (tertiary/aromatic N) is 1. The Morgan fingerprint density at radius 2 is 2.00 bits per heavy atom. The maximum Gasteiger partial charge on any atom is 0.0411 e. The van der Waals surface area contributed by atoms with E-state index in [1.807, 2.05) is 0 Å². The van der Waals surface area contributed by atoms with Crippen LogP contribution in [0.4, 0.5) is 0 Å². The van der Waals surface area contributed by atoms with Gasteiger partial charge >= 0.3 is 0 Å². The highest BCUT2D eigenvalue weighted by Crippen LogP contribution is 1.95. The Hall–Kier alpha value is 0.310. The van der Waals surface area contributed by atoms with Crippen LogP contribution in [0.15, 0.2) is 0 Å². The van der Waals surface area contributed by atoms with E-state index < -0.39 is 0 Å². The standard InChI is InChI=1S/C6H15NS/c1-6(2)4-7(3)5-8/h6,8H,4-5H2,1-3H3. The highest BCUT2D eigenvalue weighted by Gasteiger charge is 1.96. The van der Waals surface area contributed by atoms with Crippen molar-refractivity contribution in [3.05, 3.63) is 0 Å². The Morgan fingerprint density at radius 3 is 2.12 bits per heavy atom. The van der Waals surface area contributed by atoms with Gasteiger partial charge in [-0.3, -0.25) is 4.90 Å². The molecular weight excluding hydrogens is 118 g/mol. The van der Waals surface area contributed by atoms with Crippen LogP contribution < -0.4 is 0 Å². The lowest BCUT2D eigenvalue weighted by atomic mass is 10.2. The van der Waals surface area contributed by atoms with E-state index in [1.165, 1.54) is 0 Å². The predicted octanol–water partition coefficient (Wildman–Crippen LogP) is 1.46. The Bertz CT molecular complexity index is 54.5. The molecule has 0 bridgehead atoms. The summed E-state index contributed by atoms with van der Waals surface area (Å²) < 4.78 is 0. The molecule has 0 saturated carbocycles. The van der Waals surface area contributed by atoms with Gasteiger partial charge < -0.3 is 0 Å². The number of hydrogen-bond donors (Lipinski definition) is 1. The lowest BCUT2D eigenvalue weighted by molar-refractivity contribution is 0.342. The first-order valence-electron chi connectivity index (χ1n) is 2.96. The van der Waals surface area contributed by atoms with Crippen molar-refractivity contribution in [2.45, 2.75) is 13.8 Å². The largest absolute Gasteiger partial charge is 0.297 e. The van der Waals surface area contributed by atoms with E-state index in [4.69, 9.17) is 0 Å². The molecule has 0 aliphatic heterocycles. The third-order valence-electron chi connectivity index (χ3n) is 0.918. The molecule has 0 rings (SSSR count). The van der Waals surface area contributed by atoms with Gasteiger partial charge in [0, 0.05) is 12.4 Å². The fraction of sp³-hybridized carbons (Fsp3) is 1.00. The first kappa shape index (κ1) is 8.31. The summed E-state index contributed by atoms with van der Waals surface area (Å²) >= 11 is 4.12. The second-order valence-electron chi connectivity index (χ2n) is 2.57. The Labute approximate surface area is 57.5 Å². The zero-order chi connectivity index (χ0) is 6.57. The van der Waals surface area contributed by atoms with Gasteiger partial charge in [-0.1, -0.05) is 13.8 Å². The highest BCUT2D eigenvalue weighted by molar-refractivity contribution is 7.80. The Balaban J connectivity index is 3.10. The fourth-order valence-corrected chi connectivity index (χ4v) is 0.797. The smallest absolute Gasteiger partial charge is 0.0411 e. The number of rotatable bonds is 3. The van der Waals surface area contributed by atoms with Crippen LogP contribution in [0.2, 0.25) is 0 Å². The number of thiol groups is 1. The van der Waals surface area contributed by atoms with E-state index in [2.05, 4.69) is 38.4 Å². The molecule has 0 unspecified atom stereocenters. The van der Waals surface area contributed by atoms with Gasteiger partial charge in [-0.05, 0) is 13.0 Å². The predicted molar refractivity (Wildman–Crippen MR) is 41.3 cm³/mol. The summed E-state index contributed by atoms with van der Waals surface area (Å²) in [7, 11) is 2.08. The lowest BCUT2D eigenvalue weighted by Crippen LogP contribution is -2.21. The quantitative estimate of drug-likeness (QED) is 0.450. The van der Waals surface area contributed by atoms with Crippen molar-refractivity contribution >= 4 is 12.6 Å². The lowest BCUT2D eigenvalue weighted by Gasteiger charge is -2.14. The van der Waals surface area contributed by atoms with Crippen LogP contribution >= 0.6 is 12.6 Å². The van der Waals surface area contributed by atoms with Crippen molar-refractivity contribution in [2.24, 2.45) is 5.92 Å². The van der Waals surface area contributed by atoms with Crippen molar-refractivity contribution in [1.29, 1.82) is 0 Å². The van der Waals surface area contributed by atoms with Gasteiger partial charge in [0.05, 0.1) is 0 Å². The fourth-order valence-electron chi connectivity index (χ4n) is 0.681. The molecule has 0 radical (unpaired) electrons. The van der Waals surface area contributed by atoms with E-state index in [0.717, 1.165) is 18.3 Å². The van der Waals surface area contributed by atoms with Gasteiger partial charge in [-0.2, -0.15) is 12.6 Å². The normalized spacial score (nSPS) is 11.2. The third-order valence-corrected chi connectivity index (χ3v) is 1.40. The summed E-state index contributed by atoms with van der Waals surface area (Å²) in [6.45, 7) is 5.56. The van der Waals surface area contributed by atoms with Crippen molar-refractivity contribution < 1.29 is 0 Å². The molecule has 0 aliphatic carbocycles. The van der Waals surface area contributed by atoms with E-state index in [1.54, 1.807) is 0 Å². The average molecular weight is 133 g/mol. The average Bonchev–Trinajstić information content (AvgIpc) is 1.65. The zero-order valence-corrected chi connectivity index (χ0v) is 6.78. The molecular formula is C6H15NS. The van der Waals surface area contributed by atoms with Crippen molar-refractivity contribution in [1.82, 2.24) is 4.90 Å². The van der Waals surface area contributed by atoms with Gasteiger partial charge in [-0.15, -0.1) is 0 Å². The minimum absolute atomic E-state index is 0.757. The van der Waals surface area contributed by atoms with Crippen LogP contribution in [-0.4, -0.2) is 24.4 Å². The minimum Gasteiger partial charge on any atom is -0.297 e. The second-order valence-corrected chi connectivity index (χ2v) is 2.86. The van der Waals surface area contributed by atoms with E-state index in [-0.39, 0.29) is 0 Å². The van der Waals surface area contributed by atoms with Gasteiger partial charge in [0.2, 0.25) is 0 Å². The maximum absolute atomic E-state index is 4.12. The monoisotopic (exact) mass is 133 g/mol. The van der Waals surface area contributed by atoms with Crippen LogP contribution in [0.25, 0.3) is 0 Å². The summed E-state index contributed by atoms with van der Waals surface area (Å²) in [4.78, 5) is 2.19. The SMILES string of the molecule is CC(C)CN(C)CS. The molecule has 0 fully saturated rings. The maximum atomic E-state index is 4.12. The Morgan fingerprint density at radius 1 is 1.50 bits per heavy atom. The summed E-state index contributed by atoms with van der Waals surface area (Å²) in [5.74, 6) is 1.62. The second kappa shape index (κ2) is 4.21. The third kappa shape index (κ3) is 4.47. The molecule has 0 aliphatic rings. The molecule has 0 N–H and O–H groups in total. The number of hydrogen-bond acceptors (Lipinski definition) is 2. The topological polar surface area (TPSA) is 3.24 Å². The van der Waals surface area contributed by atoms with Crippen molar-refractivity contribution in [2.75, 3.05) is 19.5 Å². The van der Waals surface area contributed by atoms with Crippen LogP contribution in [0, 0.1) is 5.92 Å². The van der Waals surface area contributed by atoms with Crippen LogP contribution in [0.5, 0.6) is 0 Å². The van der Waals surface area contributed by atoms with E-state index >= 15 is 0 Å². The molecule has 8 heavy (non-hydrogen) atoms. The molecule has 50 valence electrons. The summed E-state index contributed by atoms with van der Waals surface area (Å²) in [5, 5.41) is 0. The summed E-state index contributed by atoms with van der Waals surface area (Å²) in [6.07, 6.45) is 0. The molecule has 0 aromatic rings. The molecule has 0 aromatic carbocycles. The van der Waals surface area contributed by atoms with E-state index in [9.17, 15) is 0 Å². The molecule has 1 nitrogen and oxygen atoms in total.